The average Bonchev–Trinajstić information content (AvgIpc) is 2.65. The van der Waals surface area contributed by atoms with Gasteiger partial charge in [0.25, 0.3) is 0 Å². The van der Waals surface area contributed by atoms with E-state index in [0.29, 0.717) is 10.3 Å². The molecule has 0 saturated carbocycles. The Hall–Kier alpha value is -0.400. The molecule has 0 spiro atoms. The summed E-state index contributed by atoms with van der Waals surface area (Å²) in [5.74, 6) is 1.11. The first-order valence-corrected chi connectivity index (χ1v) is 9.10. The number of aromatic nitrogens is 2. The van der Waals surface area contributed by atoms with Gasteiger partial charge in [0.1, 0.15) is 5.82 Å². The lowest BCUT2D eigenvalue weighted by molar-refractivity contribution is 0.625. The van der Waals surface area contributed by atoms with E-state index < -0.39 is 0 Å². The highest BCUT2D eigenvalue weighted by molar-refractivity contribution is 7.60. The zero-order valence-corrected chi connectivity index (χ0v) is 15.2. The van der Waals surface area contributed by atoms with Crippen molar-refractivity contribution in [2.24, 2.45) is 7.05 Å². The molecule has 1 aromatic heterocycles. The van der Waals surface area contributed by atoms with Crippen LogP contribution in [0, 0.1) is 0 Å². The minimum Gasteiger partial charge on any atom is -0.337 e. The van der Waals surface area contributed by atoms with Crippen molar-refractivity contribution >= 4 is 7.92 Å². The Morgan fingerprint density at radius 1 is 1.15 bits per heavy atom. The number of nitrogens with one attached hydrogen (secondary N) is 1. The van der Waals surface area contributed by atoms with Crippen LogP contribution in [0.1, 0.15) is 53.8 Å². The minimum atomic E-state index is 0.0286. The fraction of sp³-hybridized carbons (Fsp3) is 0.812. The fourth-order valence-corrected chi connectivity index (χ4v) is 6.63. The van der Waals surface area contributed by atoms with E-state index >= 15 is 0 Å². The van der Waals surface area contributed by atoms with Crippen molar-refractivity contribution in [1.82, 2.24) is 14.9 Å². The Kier molecular flexibility index (Phi) is 6.22. The molecule has 1 rings (SSSR count). The molecule has 1 aromatic rings. The highest BCUT2D eigenvalue weighted by atomic mass is 31.1. The number of imidazole rings is 1. The second-order valence-electron chi connectivity index (χ2n) is 7.48. The molecule has 0 unspecified atom stereocenters. The fourth-order valence-electron chi connectivity index (χ4n) is 2.81. The lowest BCUT2D eigenvalue weighted by atomic mass is 10.2. The average molecular weight is 297 g/mol. The third kappa shape index (κ3) is 5.54. The summed E-state index contributed by atoms with van der Waals surface area (Å²) in [6.45, 7) is 16.3. The van der Waals surface area contributed by atoms with Gasteiger partial charge in [-0.2, -0.15) is 0 Å². The maximum Gasteiger partial charge on any atom is 0.122 e. The normalized spacial score (nSPS) is 13.2. The summed E-state index contributed by atoms with van der Waals surface area (Å²) in [4.78, 5) is 4.33. The van der Waals surface area contributed by atoms with Crippen LogP contribution in [0.5, 0.6) is 0 Å². The number of hydrogen-bond acceptors (Lipinski definition) is 2. The molecule has 1 N–H and O–H groups in total. The maximum absolute atomic E-state index is 4.33. The summed E-state index contributed by atoms with van der Waals surface area (Å²) < 4.78 is 2.07. The molecule has 0 radical (unpaired) electrons. The quantitative estimate of drug-likeness (QED) is 0.636. The van der Waals surface area contributed by atoms with Crippen molar-refractivity contribution in [3.8, 4) is 0 Å². The number of rotatable bonds is 6. The molecule has 0 aliphatic rings. The predicted octanol–water partition coefficient (Wildman–Crippen LogP) is 3.98. The highest BCUT2D eigenvalue weighted by Gasteiger charge is 2.33. The molecule has 0 saturated heterocycles. The van der Waals surface area contributed by atoms with Gasteiger partial charge in [0, 0.05) is 19.4 Å². The third-order valence-electron chi connectivity index (χ3n) is 3.56. The molecule has 0 amide bonds. The largest absolute Gasteiger partial charge is 0.337 e. The first-order valence-electron chi connectivity index (χ1n) is 7.57. The van der Waals surface area contributed by atoms with E-state index in [2.05, 4.69) is 56.4 Å². The number of aryl methyl sites for hydroxylation is 1. The summed E-state index contributed by atoms with van der Waals surface area (Å²) in [7, 11) is 2.07. The van der Waals surface area contributed by atoms with Crippen molar-refractivity contribution in [2.75, 3.05) is 12.7 Å². The molecule has 0 aliphatic heterocycles. The van der Waals surface area contributed by atoms with Gasteiger partial charge in [-0.25, -0.2) is 4.98 Å². The molecule has 0 atom stereocenters. The summed E-state index contributed by atoms with van der Waals surface area (Å²) in [5, 5.41) is 4.39. The lowest BCUT2D eigenvalue weighted by Gasteiger charge is -2.41. The summed E-state index contributed by atoms with van der Waals surface area (Å²) in [6.07, 6.45) is 6.45. The second-order valence-corrected chi connectivity index (χ2v) is 11.5. The van der Waals surface area contributed by atoms with Crippen molar-refractivity contribution in [3.05, 3.63) is 18.2 Å². The van der Waals surface area contributed by atoms with E-state index in [1.165, 1.54) is 12.6 Å². The van der Waals surface area contributed by atoms with Gasteiger partial charge >= 0.3 is 0 Å². The van der Waals surface area contributed by atoms with Gasteiger partial charge < -0.3 is 9.88 Å². The maximum atomic E-state index is 4.33. The van der Waals surface area contributed by atoms with Gasteiger partial charge in [-0.1, -0.05) is 49.5 Å². The lowest BCUT2D eigenvalue weighted by Crippen LogP contribution is -2.27. The van der Waals surface area contributed by atoms with Crippen LogP contribution in [0.2, 0.25) is 0 Å². The van der Waals surface area contributed by atoms with Gasteiger partial charge in [0.05, 0.1) is 6.54 Å². The van der Waals surface area contributed by atoms with Crippen LogP contribution in [-0.4, -0.2) is 32.6 Å². The van der Waals surface area contributed by atoms with E-state index in [0.717, 1.165) is 18.9 Å². The molecule has 20 heavy (non-hydrogen) atoms. The van der Waals surface area contributed by atoms with E-state index in [9.17, 15) is 0 Å². The van der Waals surface area contributed by atoms with Crippen molar-refractivity contribution < 1.29 is 0 Å². The number of nitrogens with zero attached hydrogens (tertiary/aromatic N) is 2. The Morgan fingerprint density at radius 2 is 1.75 bits per heavy atom. The molecule has 0 fully saturated rings. The molecule has 0 aliphatic carbocycles. The second kappa shape index (κ2) is 7.04. The van der Waals surface area contributed by atoms with E-state index in [1.54, 1.807) is 0 Å². The summed E-state index contributed by atoms with van der Waals surface area (Å²) in [6, 6.07) is 0. The monoisotopic (exact) mass is 297 g/mol. The predicted molar refractivity (Wildman–Crippen MR) is 90.8 cm³/mol. The first kappa shape index (κ1) is 17.7. The van der Waals surface area contributed by atoms with Crippen LogP contribution in [-0.2, 0) is 13.6 Å². The van der Waals surface area contributed by atoms with Crippen LogP contribution < -0.4 is 5.32 Å². The van der Waals surface area contributed by atoms with Crippen molar-refractivity contribution in [2.45, 2.75) is 64.8 Å². The third-order valence-corrected chi connectivity index (χ3v) is 7.56. The van der Waals surface area contributed by atoms with Gasteiger partial charge in [-0.05, 0) is 29.4 Å². The highest BCUT2D eigenvalue weighted by Crippen LogP contribution is 2.59. The van der Waals surface area contributed by atoms with E-state index in [4.69, 9.17) is 0 Å². The molecule has 3 nitrogen and oxygen atoms in total. The van der Waals surface area contributed by atoms with E-state index in [1.807, 2.05) is 19.4 Å². The Labute approximate surface area is 126 Å². The van der Waals surface area contributed by atoms with E-state index in [-0.39, 0.29) is 7.92 Å². The van der Waals surface area contributed by atoms with Crippen LogP contribution >= 0.6 is 7.92 Å². The Morgan fingerprint density at radius 3 is 2.20 bits per heavy atom. The summed E-state index contributed by atoms with van der Waals surface area (Å²) in [5.41, 5.74) is 0. The molecule has 0 bridgehead atoms. The molecule has 1 heterocycles. The van der Waals surface area contributed by atoms with Crippen LogP contribution in [0.4, 0.5) is 0 Å². The summed E-state index contributed by atoms with van der Waals surface area (Å²) >= 11 is 0. The van der Waals surface area contributed by atoms with Crippen LogP contribution in [0.25, 0.3) is 0 Å². The van der Waals surface area contributed by atoms with Crippen molar-refractivity contribution in [3.63, 3.8) is 0 Å². The SMILES string of the molecule is Cn1ccnc1CNCCCP(C(C)(C)C)C(C)(C)C. The smallest absolute Gasteiger partial charge is 0.122 e. The topological polar surface area (TPSA) is 29.9 Å². The molecule has 4 heteroatoms. The molecule has 0 aromatic carbocycles. The molecular weight excluding hydrogens is 265 g/mol. The standard InChI is InChI=1S/C16H32N3P/c1-15(2,3)20(16(4,5)6)12-8-9-17-13-14-18-10-11-19(14)7/h10-11,17H,8-9,12-13H2,1-7H3. The first-order chi connectivity index (χ1) is 9.12. The zero-order chi connectivity index (χ0) is 15.4. The zero-order valence-electron chi connectivity index (χ0n) is 14.3. The minimum absolute atomic E-state index is 0.0286. The molecular formula is C16H32N3P. The van der Waals surface area contributed by atoms with Gasteiger partial charge in [-0.3, -0.25) is 0 Å². The van der Waals surface area contributed by atoms with Crippen LogP contribution in [0.15, 0.2) is 12.4 Å². The van der Waals surface area contributed by atoms with Gasteiger partial charge in [0.15, 0.2) is 0 Å². The number of hydrogen-bond donors (Lipinski definition) is 1. The Bertz CT molecular complexity index is 385. The molecule has 116 valence electrons. The van der Waals surface area contributed by atoms with Gasteiger partial charge in [0.2, 0.25) is 0 Å². The Balaban J connectivity index is 2.33. The van der Waals surface area contributed by atoms with Gasteiger partial charge in [-0.15, -0.1) is 0 Å². The van der Waals surface area contributed by atoms with Crippen LogP contribution in [0.3, 0.4) is 0 Å². The van der Waals surface area contributed by atoms with Crippen molar-refractivity contribution in [1.29, 1.82) is 0 Å².